The van der Waals surface area contributed by atoms with Crippen LogP contribution in [0.15, 0.2) is 48.5 Å². The van der Waals surface area contributed by atoms with Crippen LogP contribution in [0.25, 0.3) is 0 Å². The summed E-state index contributed by atoms with van der Waals surface area (Å²) >= 11 is 0. The van der Waals surface area contributed by atoms with Gasteiger partial charge in [0.15, 0.2) is 0 Å². The summed E-state index contributed by atoms with van der Waals surface area (Å²) in [5.41, 5.74) is 3.26. The number of nitrogens with zero attached hydrogens (tertiary/aromatic N) is 1. The Hall–Kier alpha value is -2.33. The number of rotatable bonds is 8. The molecule has 0 bridgehead atoms. The monoisotopic (exact) mass is 312 g/mol. The lowest BCUT2D eigenvalue weighted by atomic mass is 10.0. The SMILES string of the molecule is CN(C)CCCc1cccc(C(=O)O)c1NCc1ccccc1. The van der Waals surface area contributed by atoms with Crippen molar-refractivity contribution in [2.24, 2.45) is 0 Å². The van der Waals surface area contributed by atoms with Gasteiger partial charge in [-0.2, -0.15) is 0 Å². The number of nitrogens with one attached hydrogen (secondary N) is 1. The number of carbonyl (C=O) groups is 1. The first-order valence-corrected chi connectivity index (χ1v) is 7.85. The third-order valence-corrected chi connectivity index (χ3v) is 3.74. The molecule has 0 heterocycles. The van der Waals surface area contributed by atoms with Gasteiger partial charge in [-0.05, 0) is 50.7 Å². The molecular formula is C19H24N2O2. The molecule has 4 heteroatoms. The number of para-hydroxylation sites is 1. The average Bonchev–Trinajstić information content (AvgIpc) is 2.54. The van der Waals surface area contributed by atoms with E-state index in [1.165, 1.54) is 0 Å². The smallest absolute Gasteiger partial charge is 0.337 e. The van der Waals surface area contributed by atoms with Gasteiger partial charge in [0.25, 0.3) is 0 Å². The van der Waals surface area contributed by atoms with Crippen molar-refractivity contribution in [2.75, 3.05) is 26.0 Å². The zero-order valence-electron chi connectivity index (χ0n) is 13.7. The van der Waals surface area contributed by atoms with E-state index in [0.717, 1.165) is 36.2 Å². The van der Waals surface area contributed by atoms with Crippen LogP contribution in [0.5, 0.6) is 0 Å². The number of aromatic carboxylic acids is 1. The predicted molar refractivity (Wildman–Crippen MR) is 94.0 cm³/mol. The molecule has 0 spiro atoms. The first kappa shape index (κ1) is 17.0. The zero-order chi connectivity index (χ0) is 16.7. The molecule has 0 aliphatic heterocycles. The van der Waals surface area contributed by atoms with Crippen molar-refractivity contribution in [3.05, 3.63) is 65.2 Å². The highest BCUT2D eigenvalue weighted by Gasteiger charge is 2.13. The number of benzene rings is 2. The van der Waals surface area contributed by atoms with Gasteiger partial charge in [-0.1, -0.05) is 42.5 Å². The molecule has 0 aliphatic rings. The van der Waals surface area contributed by atoms with E-state index in [0.29, 0.717) is 12.1 Å². The molecule has 0 fully saturated rings. The number of hydrogen-bond acceptors (Lipinski definition) is 3. The average molecular weight is 312 g/mol. The van der Waals surface area contributed by atoms with Gasteiger partial charge in [0.2, 0.25) is 0 Å². The Bertz CT molecular complexity index is 639. The van der Waals surface area contributed by atoms with Gasteiger partial charge in [-0.3, -0.25) is 0 Å². The normalized spacial score (nSPS) is 10.7. The summed E-state index contributed by atoms with van der Waals surface area (Å²) in [6.07, 6.45) is 1.85. The van der Waals surface area contributed by atoms with E-state index in [9.17, 15) is 9.90 Å². The molecule has 0 atom stereocenters. The lowest BCUT2D eigenvalue weighted by Crippen LogP contribution is -2.14. The second kappa shape index (κ2) is 8.34. The fraction of sp³-hybridized carbons (Fsp3) is 0.316. The Morgan fingerprint density at radius 3 is 2.48 bits per heavy atom. The van der Waals surface area contributed by atoms with Gasteiger partial charge in [0.05, 0.1) is 11.3 Å². The van der Waals surface area contributed by atoms with Crippen molar-refractivity contribution in [2.45, 2.75) is 19.4 Å². The zero-order valence-corrected chi connectivity index (χ0v) is 13.7. The minimum Gasteiger partial charge on any atom is -0.478 e. The largest absolute Gasteiger partial charge is 0.478 e. The van der Waals surface area contributed by atoms with Crippen LogP contribution in [0.2, 0.25) is 0 Å². The molecule has 2 rings (SSSR count). The minimum atomic E-state index is -0.893. The van der Waals surface area contributed by atoms with Crippen LogP contribution in [0, 0.1) is 0 Å². The fourth-order valence-electron chi connectivity index (χ4n) is 2.57. The molecule has 0 aromatic heterocycles. The van der Waals surface area contributed by atoms with Gasteiger partial charge in [-0.25, -0.2) is 4.79 Å². The van der Waals surface area contributed by atoms with Crippen LogP contribution < -0.4 is 5.32 Å². The third kappa shape index (κ3) is 5.11. The van der Waals surface area contributed by atoms with Gasteiger partial charge < -0.3 is 15.3 Å². The molecule has 23 heavy (non-hydrogen) atoms. The van der Waals surface area contributed by atoms with E-state index in [-0.39, 0.29) is 0 Å². The summed E-state index contributed by atoms with van der Waals surface area (Å²) in [4.78, 5) is 13.7. The lowest BCUT2D eigenvalue weighted by Gasteiger charge is -2.16. The van der Waals surface area contributed by atoms with Crippen LogP contribution in [-0.4, -0.2) is 36.6 Å². The molecule has 4 nitrogen and oxygen atoms in total. The van der Waals surface area contributed by atoms with Gasteiger partial charge in [-0.15, -0.1) is 0 Å². The molecular weight excluding hydrogens is 288 g/mol. The van der Waals surface area contributed by atoms with E-state index in [4.69, 9.17) is 0 Å². The Labute approximate surface area is 137 Å². The van der Waals surface area contributed by atoms with Crippen LogP contribution in [0.3, 0.4) is 0 Å². The van der Waals surface area contributed by atoms with Gasteiger partial charge in [0, 0.05) is 6.54 Å². The van der Waals surface area contributed by atoms with Crippen molar-refractivity contribution in [1.82, 2.24) is 4.90 Å². The summed E-state index contributed by atoms with van der Waals surface area (Å²) < 4.78 is 0. The van der Waals surface area contributed by atoms with Crippen molar-refractivity contribution in [3.8, 4) is 0 Å². The minimum absolute atomic E-state index is 0.336. The standard InChI is InChI=1S/C19H24N2O2/c1-21(2)13-7-11-16-10-6-12-17(19(22)23)18(16)20-14-15-8-4-3-5-9-15/h3-6,8-10,12,20H,7,11,13-14H2,1-2H3,(H,22,23). The number of carboxylic acid groups (broad SMARTS) is 1. The Morgan fingerprint density at radius 1 is 1.09 bits per heavy atom. The Kier molecular flexibility index (Phi) is 6.18. The van der Waals surface area contributed by atoms with Crippen LogP contribution >= 0.6 is 0 Å². The maximum absolute atomic E-state index is 11.5. The van der Waals surface area contributed by atoms with E-state index in [1.54, 1.807) is 6.07 Å². The number of aryl methyl sites for hydroxylation is 1. The molecule has 122 valence electrons. The molecule has 0 aliphatic carbocycles. The Morgan fingerprint density at radius 2 is 1.83 bits per heavy atom. The second-order valence-corrected chi connectivity index (χ2v) is 5.89. The number of hydrogen-bond donors (Lipinski definition) is 2. The Balaban J connectivity index is 2.17. The summed E-state index contributed by atoms with van der Waals surface area (Å²) in [6.45, 7) is 1.60. The van der Waals surface area contributed by atoms with E-state index >= 15 is 0 Å². The van der Waals surface area contributed by atoms with Crippen molar-refractivity contribution >= 4 is 11.7 Å². The topological polar surface area (TPSA) is 52.6 Å². The van der Waals surface area contributed by atoms with Crippen LogP contribution in [0.4, 0.5) is 5.69 Å². The third-order valence-electron chi connectivity index (χ3n) is 3.74. The van der Waals surface area contributed by atoms with Gasteiger partial charge >= 0.3 is 5.97 Å². The van der Waals surface area contributed by atoms with Crippen molar-refractivity contribution < 1.29 is 9.90 Å². The molecule has 2 aromatic rings. The maximum Gasteiger partial charge on any atom is 0.337 e. The number of carboxylic acids is 1. The van der Waals surface area contributed by atoms with Crippen LogP contribution in [0.1, 0.15) is 27.9 Å². The predicted octanol–water partition coefficient (Wildman–Crippen LogP) is 3.49. The molecule has 2 aromatic carbocycles. The summed E-state index contributed by atoms with van der Waals surface area (Å²) in [5.74, 6) is -0.893. The van der Waals surface area contributed by atoms with E-state index in [2.05, 4.69) is 10.2 Å². The first-order chi connectivity index (χ1) is 11.1. The molecule has 0 unspecified atom stereocenters. The van der Waals surface area contributed by atoms with Crippen molar-refractivity contribution in [1.29, 1.82) is 0 Å². The maximum atomic E-state index is 11.5. The van der Waals surface area contributed by atoms with E-state index < -0.39 is 5.97 Å². The van der Waals surface area contributed by atoms with Crippen LogP contribution in [-0.2, 0) is 13.0 Å². The second-order valence-electron chi connectivity index (χ2n) is 5.89. The highest BCUT2D eigenvalue weighted by atomic mass is 16.4. The molecule has 0 saturated carbocycles. The molecule has 0 radical (unpaired) electrons. The summed E-state index contributed by atoms with van der Waals surface area (Å²) in [5, 5.41) is 12.8. The molecule has 0 amide bonds. The summed E-state index contributed by atoms with van der Waals surface area (Å²) in [6, 6.07) is 15.5. The van der Waals surface area contributed by atoms with Crippen molar-refractivity contribution in [3.63, 3.8) is 0 Å². The first-order valence-electron chi connectivity index (χ1n) is 7.85. The highest BCUT2D eigenvalue weighted by Crippen LogP contribution is 2.24. The highest BCUT2D eigenvalue weighted by molar-refractivity contribution is 5.95. The summed E-state index contributed by atoms with van der Waals surface area (Å²) in [7, 11) is 4.09. The van der Waals surface area contributed by atoms with Gasteiger partial charge in [0.1, 0.15) is 0 Å². The quantitative estimate of drug-likeness (QED) is 0.783. The lowest BCUT2D eigenvalue weighted by molar-refractivity contribution is 0.0698. The number of anilines is 1. The fourth-order valence-corrected chi connectivity index (χ4v) is 2.57. The molecule has 2 N–H and O–H groups in total. The molecule has 0 saturated heterocycles. The van der Waals surface area contributed by atoms with E-state index in [1.807, 2.05) is 56.6 Å².